The van der Waals surface area contributed by atoms with Gasteiger partial charge in [-0.05, 0) is 47.1 Å². The lowest BCUT2D eigenvalue weighted by molar-refractivity contribution is 0.958. The fraction of sp³-hybridized carbons (Fsp3) is 0.300. The van der Waals surface area contributed by atoms with Gasteiger partial charge in [0.25, 0.3) is 0 Å². The summed E-state index contributed by atoms with van der Waals surface area (Å²) in [6, 6.07) is 4.26. The predicted octanol–water partition coefficient (Wildman–Crippen LogP) is 2.87. The summed E-state index contributed by atoms with van der Waals surface area (Å²) in [5, 5.41) is 1.12. The molecule has 0 saturated carbocycles. The van der Waals surface area contributed by atoms with Crippen molar-refractivity contribution in [1.82, 2.24) is 4.98 Å². The first-order chi connectivity index (χ1) is 6.70. The number of fused-ring (bicyclic) bond motifs is 1. The van der Waals surface area contributed by atoms with Crippen molar-refractivity contribution in [2.75, 3.05) is 6.54 Å². The number of rotatable bonds is 2. The van der Waals surface area contributed by atoms with Crippen LogP contribution in [0.15, 0.2) is 16.6 Å². The van der Waals surface area contributed by atoms with Crippen LogP contribution < -0.4 is 5.73 Å². The second-order valence-corrected chi connectivity index (χ2v) is 5.21. The molecule has 2 nitrogen and oxygen atoms in total. The lowest BCUT2D eigenvalue weighted by atomic mass is 10.2. The molecule has 2 N–H and O–H groups in total. The first-order valence-electron chi connectivity index (χ1n) is 4.46. The van der Waals surface area contributed by atoms with Gasteiger partial charge in [0.05, 0.1) is 15.2 Å². The van der Waals surface area contributed by atoms with Gasteiger partial charge < -0.3 is 5.73 Å². The largest absolute Gasteiger partial charge is 0.330 e. The van der Waals surface area contributed by atoms with E-state index in [9.17, 15) is 0 Å². The maximum absolute atomic E-state index is 5.51. The molecule has 0 aliphatic carbocycles. The van der Waals surface area contributed by atoms with E-state index >= 15 is 0 Å². The molecule has 0 atom stereocenters. The first-order valence-corrected chi connectivity index (χ1v) is 6.07. The van der Waals surface area contributed by atoms with Gasteiger partial charge in [0, 0.05) is 10.9 Å². The third kappa shape index (κ3) is 1.82. The molecule has 0 aliphatic heterocycles. The zero-order chi connectivity index (χ0) is 10.1. The Morgan fingerprint density at radius 3 is 3.00 bits per heavy atom. The van der Waals surface area contributed by atoms with E-state index in [1.165, 1.54) is 10.3 Å². The van der Waals surface area contributed by atoms with Gasteiger partial charge >= 0.3 is 0 Å². The van der Waals surface area contributed by atoms with Crippen LogP contribution in [0.5, 0.6) is 0 Å². The van der Waals surface area contributed by atoms with Gasteiger partial charge in [-0.2, -0.15) is 0 Å². The van der Waals surface area contributed by atoms with Crippen LogP contribution in [0.1, 0.15) is 10.6 Å². The van der Waals surface area contributed by atoms with Crippen molar-refractivity contribution in [1.29, 1.82) is 0 Å². The lowest BCUT2D eigenvalue weighted by Gasteiger charge is -1.94. The van der Waals surface area contributed by atoms with Crippen molar-refractivity contribution in [2.45, 2.75) is 13.3 Å². The Hall–Kier alpha value is -0.450. The Labute approximate surface area is 95.3 Å². The van der Waals surface area contributed by atoms with Crippen molar-refractivity contribution < 1.29 is 0 Å². The normalized spacial score (nSPS) is 11.1. The lowest BCUT2D eigenvalue weighted by Crippen LogP contribution is -2.01. The molecule has 74 valence electrons. The monoisotopic (exact) mass is 270 g/mol. The van der Waals surface area contributed by atoms with E-state index in [1.54, 1.807) is 11.3 Å². The van der Waals surface area contributed by atoms with Crippen LogP contribution in [-0.2, 0) is 6.42 Å². The van der Waals surface area contributed by atoms with Crippen LogP contribution in [0.4, 0.5) is 0 Å². The van der Waals surface area contributed by atoms with E-state index in [-0.39, 0.29) is 0 Å². The highest BCUT2D eigenvalue weighted by Gasteiger charge is 2.06. The number of hydrogen-bond acceptors (Lipinski definition) is 3. The topological polar surface area (TPSA) is 38.9 Å². The highest BCUT2D eigenvalue weighted by Crippen LogP contribution is 2.29. The van der Waals surface area contributed by atoms with Gasteiger partial charge in [-0.25, -0.2) is 4.98 Å². The Morgan fingerprint density at radius 1 is 1.50 bits per heavy atom. The average Bonchev–Trinajstić information content (AvgIpc) is 2.48. The van der Waals surface area contributed by atoms with Gasteiger partial charge in [-0.1, -0.05) is 0 Å². The minimum Gasteiger partial charge on any atom is -0.330 e. The van der Waals surface area contributed by atoms with E-state index in [1.807, 2.05) is 0 Å². The molecule has 14 heavy (non-hydrogen) atoms. The van der Waals surface area contributed by atoms with Gasteiger partial charge in [-0.3, -0.25) is 0 Å². The summed E-state index contributed by atoms with van der Waals surface area (Å²) in [7, 11) is 0. The minimum absolute atomic E-state index is 0.663. The number of nitrogens with zero attached hydrogens (tertiary/aromatic N) is 1. The molecule has 1 aromatic heterocycles. The van der Waals surface area contributed by atoms with E-state index in [4.69, 9.17) is 5.73 Å². The summed E-state index contributed by atoms with van der Waals surface area (Å²) in [4.78, 5) is 4.53. The number of benzene rings is 1. The zero-order valence-electron chi connectivity index (χ0n) is 7.88. The Kier molecular flexibility index (Phi) is 2.85. The summed E-state index contributed by atoms with van der Waals surface area (Å²) in [5.74, 6) is 0. The maximum Gasteiger partial charge on any atom is 0.0957 e. The summed E-state index contributed by atoms with van der Waals surface area (Å²) in [5.41, 5.74) is 7.82. The van der Waals surface area contributed by atoms with Gasteiger partial charge in [0.2, 0.25) is 0 Å². The van der Waals surface area contributed by atoms with Crippen LogP contribution in [0.3, 0.4) is 0 Å². The number of nitrogens with two attached hydrogens (primary N) is 1. The van der Waals surface area contributed by atoms with Crippen LogP contribution in [0.25, 0.3) is 10.2 Å². The molecule has 0 bridgehead atoms. The van der Waals surface area contributed by atoms with Gasteiger partial charge in [0.1, 0.15) is 0 Å². The van der Waals surface area contributed by atoms with E-state index in [0.717, 1.165) is 21.4 Å². The molecule has 0 aliphatic rings. The third-order valence-electron chi connectivity index (χ3n) is 2.00. The number of hydrogen-bond donors (Lipinski definition) is 1. The number of aryl methyl sites for hydroxylation is 1. The fourth-order valence-electron chi connectivity index (χ4n) is 1.39. The van der Waals surface area contributed by atoms with Crippen LogP contribution in [-0.4, -0.2) is 11.5 Å². The smallest absolute Gasteiger partial charge is 0.0957 e. The summed E-state index contributed by atoms with van der Waals surface area (Å²) in [6.07, 6.45) is 0.866. The van der Waals surface area contributed by atoms with Crippen LogP contribution >= 0.6 is 27.3 Å². The van der Waals surface area contributed by atoms with Crippen molar-refractivity contribution in [2.24, 2.45) is 5.73 Å². The Morgan fingerprint density at radius 2 is 2.29 bits per heavy atom. The first kappa shape index (κ1) is 10.1. The second-order valence-electron chi connectivity index (χ2n) is 3.24. The molecule has 1 aromatic carbocycles. The molecule has 0 amide bonds. The number of thiazole rings is 1. The molecule has 2 aromatic rings. The van der Waals surface area contributed by atoms with Crippen molar-refractivity contribution in [3.8, 4) is 0 Å². The van der Waals surface area contributed by atoms with E-state index in [2.05, 4.69) is 40.0 Å². The third-order valence-corrected chi connectivity index (χ3v) is 3.66. The van der Waals surface area contributed by atoms with Gasteiger partial charge in [0.15, 0.2) is 0 Å². The maximum atomic E-state index is 5.51. The SMILES string of the molecule is Cc1cc(Br)c2nc(CCN)sc2c1. The van der Waals surface area contributed by atoms with Crippen LogP contribution in [0.2, 0.25) is 0 Å². The highest BCUT2D eigenvalue weighted by molar-refractivity contribution is 9.10. The quantitative estimate of drug-likeness (QED) is 0.912. The molecule has 0 fully saturated rings. The molecular weight excluding hydrogens is 260 g/mol. The zero-order valence-corrected chi connectivity index (χ0v) is 10.3. The standard InChI is InChI=1S/C10H11BrN2S/c1-6-4-7(11)10-8(5-6)14-9(13-10)2-3-12/h4-5H,2-3,12H2,1H3. The molecule has 0 spiro atoms. The van der Waals surface area contributed by atoms with Crippen molar-refractivity contribution in [3.63, 3.8) is 0 Å². The molecule has 4 heteroatoms. The Bertz CT molecular complexity index is 464. The van der Waals surface area contributed by atoms with Crippen molar-refractivity contribution >= 4 is 37.5 Å². The fourth-order valence-corrected chi connectivity index (χ4v) is 3.30. The van der Waals surface area contributed by atoms with Crippen molar-refractivity contribution in [3.05, 3.63) is 27.2 Å². The highest BCUT2D eigenvalue weighted by atomic mass is 79.9. The number of aromatic nitrogens is 1. The van der Waals surface area contributed by atoms with Gasteiger partial charge in [-0.15, -0.1) is 11.3 Å². The summed E-state index contributed by atoms with van der Waals surface area (Å²) < 4.78 is 2.31. The second kappa shape index (κ2) is 3.96. The molecule has 2 rings (SSSR count). The molecule has 0 radical (unpaired) electrons. The predicted molar refractivity (Wildman–Crippen MR) is 64.8 cm³/mol. The average molecular weight is 271 g/mol. The molecule has 0 saturated heterocycles. The van der Waals surface area contributed by atoms with E-state index < -0.39 is 0 Å². The number of halogens is 1. The molecular formula is C10H11BrN2S. The molecule has 0 unspecified atom stereocenters. The van der Waals surface area contributed by atoms with E-state index in [0.29, 0.717) is 6.54 Å². The van der Waals surface area contributed by atoms with Crippen LogP contribution in [0, 0.1) is 6.92 Å². The summed E-state index contributed by atoms with van der Waals surface area (Å²) >= 11 is 5.25. The minimum atomic E-state index is 0.663. The molecule has 1 heterocycles. The Balaban J connectivity index is 2.58. The summed E-state index contributed by atoms with van der Waals surface area (Å²) in [6.45, 7) is 2.75.